The van der Waals surface area contributed by atoms with Crippen LogP contribution in [0.1, 0.15) is 6.92 Å². The molecule has 0 fully saturated rings. The summed E-state index contributed by atoms with van der Waals surface area (Å²) in [6, 6.07) is 0. The van der Waals surface area contributed by atoms with E-state index in [0.29, 0.717) is 0 Å². The standard InChI is InChI=1S/C9H12O/c1-3-10-9-7-5-4-6-8(9)2/h4-7,9H,2-3H2,1H3. The third kappa shape index (κ3) is 1.58. The molecule has 0 radical (unpaired) electrons. The summed E-state index contributed by atoms with van der Waals surface area (Å²) >= 11 is 0. The van der Waals surface area contributed by atoms with Crippen molar-refractivity contribution in [3.63, 3.8) is 0 Å². The van der Waals surface area contributed by atoms with Crippen LogP contribution in [0.25, 0.3) is 0 Å². The predicted octanol–water partition coefficient (Wildman–Crippen LogP) is 2.07. The van der Waals surface area contributed by atoms with Crippen LogP contribution in [0.3, 0.4) is 0 Å². The highest BCUT2D eigenvalue weighted by Gasteiger charge is 2.06. The Morgan fingerprint density at radius 1 is 1.60 bits per heavy atom. The molecule has 1 aliphatic rings. The molecule has 1 rings (SSSR count). The zero-order chi connectivity index (χ0) is 7.40. The molecule has 1 atom stereocenters. The smallest absolute Gasteiger partial charge is 0.100 e. The van der Waals surface area contributed by atoms with Gasteiger partial charge in [0.2, 0.25) is 0 Å². The molecule has 0 amide bonds. The molecule has 0 aromatic heterocycles. The van der Waals surface area contributed by atoms with Crippen LogP contribution in [-0.2, 0) is 4.74 Å². The highest BCUT2D eigenvalue weighted by atomic mass is 16.5. The van der Waals surface area contributed by atoms with Crippen LogP contribution in [0.2, 0.25) is 0 Å². The lowest BCUT2D eigenvalue weighted by molar-refractivity contribution is 0.122. The van der Waals surface area contributed by atoms with E-state index in [-0.39, 0.29) is 6.10 Å². The summed E-state index contributed by atoms with van der Waals surface area (Å²) in [5.41, 5.74) is 1.03. The Hall–Kier alpha value is -0.820. The molecule has 0 saturated heterocycles. The van der Waals surface area contributed by atoms with Crippen LogP contribution >= 0.6 is 0 Å². The van der Waals surface area contributed by atoms with Gasteiger partial charge in [0.25, 0.3) is 0 Å². The van der Waals surface area contributed by atoms with Crippen molar-refractivity contribution in [1.29, 1.82) is 0 Å². The monoisotopic (exact) mass is 136 g/mol. The van der Waals surface area contributed by atoms with E-state index in [9.17, 15) is 0 Å². The normalized spacial score (nSPS) is 23.7. The summed E-state index contributed by atoms with van der Waals surface area (Å²) < 4.78 is 5.36. The SMILES string of the molecule is C=C1C=CC=CC1OCC. The van der Waals surface area contributed by atoms with Crippen LogP contribution < -0.4 is 0 Å². The molecular weight excluding hydrogens is 124 g/mol. The fraction of sp³-hybridized carbons (Fsp3) is 0.333. The van der Waals surface area contributed by atoms with Crippen molar-refractivity contribution in [2.75, 3.05) is 6.61 Å². The Labute approximate surface area is 61.7 Å². The lowest BCUT2D eigenvalue weighted by Crippen LogP contribution is -2.12. The molecule has 0 saturated carbocycles. The van der Waals surface area contributed by atoms with E-state index in [2.05, 4.69) is 6.58 Å². The van der Waals surface area contributed by atoms with Gasteiger partial charge < -0.3 is 4.74 Å². The summed E-state index contributed by atoms with van der Waals surface area (Å²) in [5, 5.41) is 0. The summed E-state index contributed by atoms with van der Waals surface area (Å²) in [6.45, 7) is 6.57. The molecule has 0 spiro atoms. The number of ether oxygens (including phenoxy) is 1. The zero-order valence-corrected chi connectivity index (χ0v) is 6.21. The van der Waals surface area contributed by atoms with Gasteiger partial charge in [0.1, 0.15) is 6.10 Å². The minimum Gasteiger partial charge on any atom is -0.370 e. The molecule has 0 heterocycles. The largest absolute Gasteiger partial charge is 0.370 e. The summed E-state index contributed by atoms with van der Waals surface area (Å²) in [7, 11) is 0. The second-order valence-corrected chi connectivity index (χ2v) is 2.19. The maximum Gasteiger partial charge on any atom is 0.100 e. The van der Waals surface area contributed by atoms with Crippen molar-refractivity contribution in [3.05, 3.63) is 36.5 Å². The van der Waals surface area contributed by atoms with Gasteiger partial charge in [-0.3, -0.25) is 0 Å². The van der Waals surface area contributed by atoms with Gasteiger partial charge in [0.15, 0.2) is 0 Å². The average molecular weight is 136 g/mol. The van der Waals surface area contributed by atoms with Gasteiger partial charge >= 0.3 is 0 Å². The zero-order valence-electron chi connectivity index (χ0n) is 6.21. The maximum absolute atomic E-state index is 5.36. The quantitative estimate of drug-likeness (QED) is 0.564. The van der Waals surface area contributed by atoms with Gasteiger partial charge in [-0.25, -0.2) is 0 Å². The van der Waals surface area contributed by atoms with E-state index in [4.69, 9.17) is 4.74 Å². The van der Waals surface area contributed by atoms with Crippen molar-refractivity contribution in [2.45, 2.75) is 13.0 Å². The predicted molar refractivity (Wildman–Crippen MR) is 42.8 cm³/mol. The first kappa shape index (κ1) is 7.29. The Morgan fingerprint density at radius 3 is 3.00 bits per heavy atom. The first-order valence-corrected chi connectivity index (χ1v) is 3.50. The van der Waals surface area contributed by atoms with Crippen LogP contribution in [0.4, 0.5) is 0 Å². The van der Waals surface area contributed by atoms with E-state index in [0.717, 1.165) is 12.2 Å². The van der Waals surface area contributed by atoms with Gasteiger partial charge in [-0.1, -0.05) is 30.9 Å². The third-order valence-electron chi connectivity index (χ3n) is 1.42. The van der Waals surface area contributed by atoms with E-state index in [1.54, 1.807) is 0 Å². The molecule has 0 N–H and O–H groups in total. The topological polar surface area (TPSA) is 9.23 Å². The second kappa shape index (κ2) is 3.37. The van der Waals surface area contributed by atoms with Crippen molar-refractivity contribution >= 4 is 0 Å². The number of hydrogen-bond acceptors (Lipinski definition) is 1. The first-order chi connectivity index (χ1) is 4.84. The molecule has 1 unspecified atom stereocenters. The Bertz CT molecular complexity index is 177. The molecule has 1 aliphatic carbocycles. The van der Waals surface area contributed by atoms with E-state index in [1.165, 1.54) is 0 Å². The molecule has 0 bridgehead atoms. The molecule has 1 heteroatoms. The van der Waals surface area contributed by atoms with Crippen molar-refractivity contribution in [1.82, 2.24) is 0 Å². The van der Waals surface area contributed by atoms with E-state index < -0.39 is 0 Å². The van der Waals surface area contributed by atoms with E-state index >= 15 is 0 Å². The number of rotatable bonds is 2. The molecule has 0 aliphatic heterocycles. The number of hydrogen-bond donors (Lipinski definition) is 0. The molecule has 54 valence electrons. The average Bonchev–Trinajstić information content (AvgIpc) is 1.94. The molecule has 0 aromatic carbocycles. The van der Waals surface area contributed by atoms with Gasteiger partial charge in [-0.15, -0.1) is 0 Å². The van der Waals surface area contributed by atoms with Crippen LogP contribution in [-0.4, -0.2) is 12.7 Å². The fourth-order valence-corrected chi connectivity index (χ4v) is 0.905. The lowest BCUT2D eigenvalue weighted by atomic mass is 10.1. The Kier molecular flexibility index (Phi) is 2.46. The van der Waals surface area contributed by atoms with Gasteiger partial charge in [-0.05, 0) is 12.5 Å². The third-order valence-corrected chi connectivity index (χ3v) is 1.42. The Balaban J connectivity index is 2.53. The van der Waals surface area contributed by atoms with Crippen molar-refractivity contribution < 1.29 is 4.74 Å². The maximum atomic E-state index is 5.36. The molecule has 1 nitrogen and oxygen atoms in total. The van der Waals surface area contributed by atoms with Crippen molar-refractivity contribution in [2.24, 2.45) is 0 Å². The summed E-state index contributed by atoms with van der Waals surface area (Å²) in [4.78, 5) is 0. The van der Waals surface area contributed by atoms with Crippen LogP contribution in [0.5, 0.6) is 0 Å². The van der Waals surface area contributed by atoms with Crippen LogP contribution in [0, 0.1) is 0 Å². The minimum atomic E-state index is 0.106. The lowest BCUT2D eigenvalue weighted by Gasteiger charge is -2.14. The molecular formula is C9H12O. The van der Waals surface area contributed by atoms with E-state index in [1.807, 2.05) is 31.2 Å². The van der Waals surface area contributed by atoms with Gasteiger partial charge in [-0.2, -0.15) is 0 Å². The van der Waals surface area contributed by atoms with Gasteiger partial charge in [0, 0.05) is 6.61 Å². The fourth-order valence-electron chi connectivity index (χ4n) is 0.905. The minimum absolute atomic E-state index is 0.106. The van der Waals surface area contributed by atoms with Crippen molar-refractivity contribution in [3.8, 4) is 0 Å². The number of allylic oxidation sites excluding steroid dienone is 2. The summed E-state index contributed by atoms with van der Waals surface area (Å²) in [5.74, 6) is 0. The Morgan fingerprint density at radius 2 is 2.40 bits per heavy atom. The highest BCUT2D eigenvalue weighted by Crippen LogP contribution is 2.11. The van der Waals surface area contributed by atoms with Crippen LogP contribution in [0.15, 0.2) is 36.5 Å². The van der Waals surface area contributed by atoms with Gasteiger partial charge in [0.05, 0.1) is 0 Å². The summed E-state index contributed by atoms with van der Waals surface area (Å²) in [6.07, 6.45) is 8.04. The second-order valence-electron chi connectivity index (χ2n) is 2.19. The molecule has 10 heavy (non-hydrogen) atoms. The highest BCUT2D eigenvalue weighted by molar-refractivity contribution is 5.32. The first-order valence-electron chi connectivity index (χ1n) is 3.50. The molecule has 0 aromatic rings.